The molecule has 98 valence electrons. The molecule has 2 aromatic carbocycles. The molecular weight excluding hydrogens is 245 g/mol. The number of carboxylic acid groups (broad SMARTS) is 1. The molecule has 0 aliphatic carbocycles. The molecule has 0 bridgehead atoms. The van der Waals surface area contributed by atoms with Gasteiger partial charge in [-0.1, -0.05) is 24.3 Å². The summed E-state index contributed by atoms with van der Waals surface area (Å²) in [6.07, 6.45) is 0. The minimum atomic E-state index is -1.04. The number of hydrogen-bond acceptors (Lipinski definition) is 2. The van der Waals surface area contributed by atoms with E-state index in [9.17, 15) is 14.3 Å². The maximum absolute atomic E-state index is 13.3. The quantitative estimate of drug-likeness (QED) is 0.885. The van der Waals surface area contributed by atoms with E-state index in [1.807, 2.05) is 6.07 Å². The van der Waals surface area contributed by atoms with Crippen molar-refractivity contribution < 1.29 is 14.3 Å². The molecule has 0 amide bonds. The second kappa shape index (κ2) is 5.52. The number of anilines is 1. The lowest BCUT2D eigenvalue weighted by Gasteiger charge is -2.18. The van der Waals surface area contributed by atoms with E-state index in [0.717, 1.165) is 5.56 Å². The Hall–Kier alpha value is -2.36. The fourth-order valence-corrected chi connectivity index (χ4v) is 1.90. The van der Waals surface area contributed by atoms with Crippen LogP contribution in [0.15, 0.2) is 48.5 Å². The van der Waals surface area contributed by atoms with E-state index >= 15 is 0 Å². The van der Waals surface area contributed by atoms with Gasteiger partial charge >= 0.3 is 5.97 Å². The second-order valence-corrected chi connectivity index (χ2v) is 4.28. The monoisotopic (exact) mass is 259 g/mol. The average Bonchev–Trinajstić information content (AvgIpc) is 2.40. The van der Waals surface area contributed by atoms with Crippen LogP contribution in [-0.2, 0) is 4.79 Å². The number of aryl methyl sites for hydroxylation is 1. The summed E-state index contributed by atoms with van der Waals surface area (Å²) in [6.45, 7) is 1.76. The molecule has 1 atom stereocenters. The van der Waals surface area contributed by atoms with Crippen molar-refractivity contribution >= 4 is 11.7 Å². The van der Waals surface area contributed by atoms with Crippen molar-refractivity contribution in [3.05, 3.63) is 65.5 Å². The SMILES string of the molecule is Cc1ccc(F)cc1C(Nc1ccccc1)C(=O)O. The van der Waals surface area contributed by atoms with Gasteiger partial charge in [-0.3, -0.25) is 0 Å². The largest absolute Gasteiger partial charge is 0.479 e. The summed E-state index contributed by atoms with van der Waals surface area (Å²) in [7, 11) is 0. The first-order valence-corrected chi connectivity index (χ1v) is 5.88. The zero-order chi connectivity index (χ0) is 13.8. The van der Waals surface area contributed by atoms with E-state index < -0.39 is 17.8 Å². The summed E-state index contributed by atoms with van der Waals surface area (Å²) >= 11 is 0. The molecule has 0 aromatic heterocycles. The van der Waals surface area contributed by atoms with Crippen molar-refractivity contribution in [3.8, 4) is 0 Å². The van der Waals surface area contributed by atoms with Crippen molar-refractivity contribution in [1.29, 1.82) is 0 Å². The number of hydrogen-bond donors (Lipinski definition) is 2. The molecule has 19 heavy (non-hydrogen) atoms. The summed E-state index contributed by atoms with van der Waals surface area (Å²) in [5.74, 6) is -1.49. The maximum atomic E-state index is 13.3. The summed E-state index contributed by atoms with van der Waals surface area (Å²) in [5, 5.41) is 12.2. The molecule has 2 rings (SSSR count). The van der Waals surface area contributed by atoms with E-state index in [0.29, 0.717) is 11.3 Å². The van der Waals surface area contributed by atoms with Gasteiger partial charge in [0.15, 0.2) is 6.04 Å². The van der Waals surface area contributed by atoms with Crippen LogP contribution >= 0.6 is 0 Å². The van der Waals surface area contributed by atoms with Crippen LogP contribution in [0.2, 0.25) is 0 Å². The maximum Gasteiger partial charge on any atom is 0.330 e. The fraction of sp³-hybridized carbons (Fsp3) is 0.133. The molecule has 4 heteroatoms. The highest BCUT2D eigenvalue weighted by Crippen LogP contribution is 2.23. The zero-order valence-corrected chi connectivity index (χ0v) is 10.4. The topological polar surface area (TPSA) is 49.3 Å². The molecule has 2 N–H and O–H groups in total. The number of benzene rings is 2. The van der Waals surface area contributed by atoms with E-state index in [2.05, 4.69) is 5.32 Å². The first kappa shape index (κ1) is 13.1. The lowest BCUT2D eigenvalue weighted by molar-refractivity contribution is -0.138. The zero-order valence-electron chi connectivity index (χ0n) is 10.4. The van der Waals surface area contributed by atoms with Gasteiger partial charge in [-0.05, 0) is 42.3 Å². The number of nitrogens with one attached hydrogen (secondary N) is 1. The standard InChI is InChI=1S/C15H14FNO2/c1-10-7-8-11(16)9-13(10)14(15(18)19)17-12-5-3-2-4-6-12/h2-9,14,17H,1H3,(H,18,19). The number of aliphatic carboxylic acids is 1. The summed E-state index contributed by atoms with van der Waals surface area (Å²) in [5.41, 5.74) is 1.84. The van der Waals surface area contributed by atoms with Crippen LogP contribution in [0.25, 0.3) is 0 Å². The van der Waals surface area contributed by atoms with E-state index in [4.69, 9.17) is 0 Å². The molecule has 0 saturated heterocycles. The highest BCUT2D eigenvalue weighted by molar-refractivity contribution is 5.79. The molecule has 1 unspecified atom stereocenters. The molecule has 0 aliphatic rings. The Balaban J connectivity index is 2.35. The molecular formula is C15H14FNO2. The van der Waals surface area contributed by atoms with Gasteiger partial charge in [0.25, 0.3) is 0 Å². The van der Waals surface area contributed by atoms with Crippen LogP contribution in [0.3, 0.4) is 0 Å². The molecule has 0 fully saturated rings. The molecule has 0 heterocycles. The number of halogens is 1. The second-order valence-electron chi connectivity index (χ2n) is 4.28. The van der Waals surface area contributed by atoms with Gasteiger partial charge in [0, 0.05) is 5.69 Å². The van der Waals surface area contributed by atoms with Crippen molar-refractivity contribution in [3.63, 3.8) is 0 Å². The Bertz CT molecular complexity index is 584. The van der Waals surface area contributed by atoms with E-state index in [-0.39, 0.29) is 0 Å². The van der Waals surface area contributed by atoms with Crippen LogP contribution < -0.4 is 5.32 Å². The van der Waals surface area contributed by atoms with Gasteiger partial charge in [0.05, 0.1) is 0 Å². The van der Waals surface area contributed by atoms with Crippen molar-refractivity contribution in [2.75, 3.05) is 5.32 Å². The predicted molar refractivity (Wildman–Crippen MR) is 71.6 cm³/mol. The Kier molecular flexibility index (Phi) is 3.80. The van der Waals surface area contributed by atoms with Gasteiger partial charge in [-0.25, -0.2) is 9.18 Å². The molecule has 0 spiro atoms. The number of carboxylic acids is 1. The Morgan fingerprint density at radius 1 is 1.21 bits per heavy atom. The van der Waals surface area contributed by atoms with Crippen molar-refractivity contribution in [2.24, 2.45) is 0 Å². The highest BCUT2D eigenvalue weighted by Gasteiger charge is 2.21. The first-order valence-electron chi connectivity index (χ1n) is 5.88. The van der Waals surface area contributed by atoms with Crippen LogP contribution in [-0.4, -0.2) is 11.1 Å². The summed E-state index contributed by atoms with van der Waals surface area (Å²) in [4.78, 5) is 11.4. The predicted octanol–water partition coefficient (Wildman–Crippen LogP) is 3.37. The minimum absolute atomic E-state index is 0.427. The van der Waals surface area contributed by atoms with Gasteiger partial charge in [-0.2, -0.15) is 0 Å². The summed E-state index contributed by atoms with van der Waals surface area (Å²) < 4.78 is 13.3. The van der Waals surface area contributed by atoms with Gasteiger partial charge in [0.2, 0.25) is 0 Å². The molecule has 0 aliphatic heterocycles. The number of carbonyl (C=O) groups is 1. The Morgan fingerprint density at radius 2 is 1.89 bits per heavy atom. The summed E-state index contributed by atoms with van der Waals surface area (Å²) in [6, 6.07) is 12.2. The van der Waals surface area contributed by atoms with Crippen molar-refractivity contribution in [2.45, 2.75) is 13.0 Å². The van der Waals surface area contributed by atoms with E-state index in [1.54, 1.807) is 37.3 Å². The fourth-order valence-electron chi connectivity index (χ4n) is 1.90. The lowest BCUT2D eigenvalue weighted by atomic mass is 10.0. The van der Waals surface area contributed by atoms with Gasteiger partial charge in [0.1, 0.15) is 5.82 Å². The highest BCUT2D eigenvalue weighted by atomic mass is 19.1. The normalized spacial score (nSPS) is 11.9. The van der Waals surface area contributed by atoms with Gasteiger partial charge < -0.3 is 10.4 Å². The van der Waals surface area contributed by atoms with Gasteiger partial charge in [-0.15, -0.1) is 0 Å². The van der Waals surface area contributed by atoms with Crippen LogP contribution in [0.1, 0.15) is 17.2 Å². The van der Waals surface area contributed by atoms with E-state index in [1.165, 1.54) is 12.1 Å². The molecule has 0 saturated carbocycles. The first-order chi connectivity index (χ1) is 9.08. The van der Waals surface area contributed by atoms with Crippen LogP contribution in [0.5, 0.6) is 0 Å². The number of para-hydroxylation sites is 1. The molecule has 3 nitrogen and oxygen atoms in total. The smallest absolute Gasteiger partial charge is 0.330 e. The average molecular weight is 259 g/mol. The van der Waals surface area contributed by atoms with Crippen LogP contribution in [0.4, 0.5) is 10.1 Å². The lowest BCUT2D eigenvalue weighted by Crippen LogP contribution is -2.21. The molecule has 0 radical (unpaired) electrons. The Labute approximate surface area is 110 Å². The third-order valence-corrected chi connectivity index (χ3v) is 2.88. The molecule has 2 aromatic rings. The Morgan fingerprint density at radius 3 is 2.53 bits per heavy atom. The number of rotatable bonds is 4. The van der Waals surface area contributed by atoms with Crippen molar-refractivity contribution in [1.82, 2.24) is 0 Å². The third-order valence-electron chi connectivity index (χ3n) is 2.88. The third kappa shape index (κ3) is 3.10. The van der Waals surface area contributed by atoms with Crippen LogP contribution in [0, 0.1) is 12.7 Å². The minimum Gasteiger partial charge on any atom is -0.479 e.